The number of sulfone groups is 1. The molecule has 0 N–H and O–H groups in total. The fourth-order valence-electron chi connectivity index (χ4n) is 3.27. The quantitative estimate of drug-likeness (QED) is 0.625. The van der Waals surface area contributed by atoms with E-state index in [2.05, 4.69) is 4.98 Å². The second kappa shape index (κ2) is 6.40. The first-order valence-electron chi connectivity index (χ1n) is 8.82. The molecule has 28 heavy (non-hydrogen) atoms. The zero-order chi connectivity index (χ0) is 20.2. The minimum absolute atomic E-state index is 0.00861. The van der Waals surface area contributed by atoms with Crippen LogP contribution in [0, 0.1) is 11.7 Å². The first kappa shape index (κ1) is 18.6. The van der Waals surface area contributed by atoms with Crippen LogP contribution in [0.1, 0.15) is 18.4 Å². The van der Waals surface area contributed by atoms with Crippen LogP contribution in [0.25, 0.3) is 11.2 Å². The third-order valence-electron chi connectivity index (χ3n) is 5.00. The van der Waals surface area contributed by atoms with Gasteiger partial charge in [0, 0.05) is 14.1 Å². The van der Waals surface area contributed by atoms with Crippen LogP contribution in [0.5, 0.6) is 0 Å². The summed E-state index contributed by atoms with van der Waals surface area (Å²) in [6.45, 7) is 0.0306. The normalized spacial score (nSPS) is 14.7. The summed E-state index contributed by atoms with van der Waals surface area (Å²) >= 11 is 0. The van der Waals surface area contributed by atoms with Gasteiger partial charge >= 0.3 is 5.69 Å². The predicted molar refractivity (Wildman–Crippen MR) is 100 cm³/mol. The van der Waals surface area contributed by atoms with Crippen LogP contribution in [0.15, 0.2) is 39.0 Å². The molecule has 2 aromatic heterocycles. The van der Waals surface area contributed by atoms with E-state index in [0.717, 1.165) is 17.4 Å². The van der Waals surface area contributed by atoms with E-state index in [4.69, 9.17) is 0 Å². The lowest BCUT2D eigenvalue weighted by Gasteiger charge is -2.09. The summed E-state index contributed by atoms with van der Waals surface area (Å²) in [6.07, 6.45) is 1.72. The molecule has 1 aromatic carbocycles. The average molecular weight is 406 g/mol. The molecule has 1 aliphatic rings. The third kappa shape index (κ3) is 3.07. The minimum Gasteiger partial charge on any atom is -0.312 e. The molecule has 0 radical (unpaired) electrons. The van der Waals surface area contributed by atoms with Gasteiger partial charge in [0.2, 0.25) is 15.0 Å². The molecule has 4 rings (SSSR count). The summed E-state index contributed by atoms with van der Waals surface area (Å²) in [4.78, 5) is 29.5. The van der Waals surface area contributed by atoms with Crippen molar-refractivity contribution < 1.29 is 12.8 Å². The lowest BCUT2D eigenvalue weighted by molar-refractivity contribution is 0.576. The zero-order valence-corrected chi connectivity index (χ0v) is 16.2. The number of hydrogen-bond acceptors (Lipinski definition) is 5. The van der Waals surface area contributed by atoms with E-state index in [0.29, 0.717) is 5.56 Å². The van der Waals surface area contributed by atoms with Gasteiger partial charge in [-0.2, -0.15) is 4.98 Å². The molecule has 8 nitrogen and oxygen atoms in total. The van der Waals surface area contributed by atoms with Gasteiger partial charge in [0.15, 0.2) is 11.2 Å². The Kier molecular flexibility index (Phi) is 4.25. The molecule has 0 saturated heterocycles. The summed E-state index contributed by atoms with van der Waals surface area (Å²) in [5, 5.41) is -0.218. The van der Waals surface area contributed by atoms with Crippen molar-refractivity contribution in [3.8, 4) is 0 Å². The smallest absolute Gasteiger partial charge is 0.312 e. The largest absolute Gasteiger partial charge is 0.332 e. The van der Waals surface area contributed by atoms with Gasteiger partial charge in [-0.25, -0.2) is 17.6 Å². The van der Waals surface area contributed by atoms with Gasteiger partial charge in [0.1, 0.15) is 5.82 Å². The van der Waals surface area contributed by atoms with E-state index in [1.165, 1.54) is 47.5 Å². The Bertz CT molecular complexity index is 1300. The molecule has 0 aliphatic heterocycles. The highest BCUT2D eigenvalue weighted by Gasteiger charge is 2.33. The van der Waals surface area contributed by atoms with Gasteiger partial charge in [-0.05, 0) is 36.5 Å². The number of fused-ring (bicyclic) bond motifs is 1. The molecule has 1 saturated carbocycles. The van der Waals surface area contributed by atoms with E-state index in [1.807, 2.05) is 0 Å². The standard InChI is InChI=1S/C18H19FN4O4S/c1-21-14-15(20-17(21)28(26,27)10-12-3-4-12)23(18(25)22(2)16(14)24)9-11-5-7-13(19)8-6-11/h5-8,12H,3-4,9-10H2,1-2H3. The van der Waals surface area contributed by atoms with Gasteiger partial charge in [0.05, 0.1) is 12.3 Å². The summed E-state index contributed by atoms with van der Waals surface area (Å²) in [6, 6.07) is 5.58. The van der Waals surface area contributed by atoms with Crippen LogP contribution in [-0.2, 0) is 30.5 Å². The molecular weight excluding hydrogens is 387 g/mol. The van der Waals surface area contributed by atoms with Crippen LogP contribution < -0.4 is 11.2 Å². The van der Waals surface area contributed by atoms with E-state index in [1.54, 1.807) is 0 Å². The van der Waals surface area contributed by atoms with Gasteiger partial charge < -0.3 is 4.57 Å². The van der Waals surface area contributed by atoms with E-state index in [-0.39, 0.29) is 34.5 Å². The fraction of sp³-hybridized carbons (Fsp3) is 0.389. The van der Waals surface area contributed by atoms with Crippen molar-refractivity contribution >= 4 is 21.0 Å². The monoisotopic (exact) mass is 406 g/mol. The number of hydrogen-bond donors (Lipinski definition) is 0. The Morgan fingerprint density at radius 3 is 2.36 bits per heavy atom. The molecular formula is C18H19FN4O4S. The average Bonchev–Trinajstić information content (AvgIpc) is 3.37. The number of halogens is 1. The molecule has 2 heterocycles. The summed E-state index contributed by atoms with van der Waals surface area (Å²) in [5.74, 6) is -0.311. The molecule has 0 spiro atoms. The number of rotatable bonds is 5. The van der Waals surface area contributed by atoms with E-state index < -0.39 is 26.9 Å². The second-order valence-corrected chi connectivity index (χ2v) is 9.14. The molecule has 0 unspecified atom stereocenters. The highest BCUT2D eigenvalue weighted by atomic mass is 32.2. The van der Waals surface area contributed by atoms with Crippen LogP contribution in [0.3, 0.4) is 0 Å². The van der Waals surface area contributed by atoms with E-state index >= 15 is 0 Å². The van der Waals surface area contributed by atoms with Gasteiger partial charge in [-0.15, -0.1) is 0 Å². The Labute approximate surface area is 159 Å². The number of aryl methyl sites for hydroxylation is 1. The van der Waals surface area contributed by atoms with Crippen molar-refractivity contribution in [3.05, 3.63) is 56.5 Å². The van der Waals surface area contributed by atoms with Crippen molar-refractivity contribution in [2.24, 2.45) is 20.0 Å². The van der Waals surface area contributed by atoms with Crippen molar-refractivity contribution in [2.45, 2.75) is 24.5 Å². The zero-order valence-electron chi connectivity index (χ0n) is 15.4. The number of imidazole rings is 1. The third-order valence-corrected chi connectivity index (χ3v) is 6.83. The Morgan fingerprint density at radius 2 is 1.75 bits per heavy atom. The lowest BCUT2D eigenvalue weighted by atomic mass is 10.2. The Morgan fingerprint density at radius 1 is 1.11 bits per heavy atom. The lowest BCUT2D eigenvalue weighted by Crippen LogP contribution is -2.38. The summed E-state index contributed by atoms with van der Waals surface area (Å²) < 4.78 is 42.1. The first-order valence-corrected chi connectivity index (χ1v) is 10.5. The minimum atomic E-state index is -3.69. The van der Waals surface area contributed by atoms with Crippen molar-refractivity contribution in [1.82, 2.24) is 18.7 Å². The van der Waals surface area contributed by atoms with Crippen LogP contribution in [0.4, 0.5) is 4.39 Å². The maximum Gasteiger partial charge on any atom is 0.332 e. The maximum atomic E-state index is 13.2. The van der Waals surface area contributed by atoms with Crippen LogP contribution >= 0.6 is 0 Å². The maximum absolute atomic E-state index is 13.2. The number of nitrogens with zero attached hydrogens (tertiary/aromatic N) is 4. The predicted octanol–water partition coefficient (Wildman–Crippen LogP) is 0.805. The molecule has 0 atom stereocenters. The van der Waals surface area contributed by atoms with Crippen molar-refractivity contribution in [2.75, 3.05) is 5.75 Å². The first-order chi connectivity index (χ1) is 13.2. The molecule has 148 valence electrons. The molecule has 0 amide bonds. The topological polar surface area (TPSA) is 96.0 Å². The van der Waals surface area contributed by atoms with Crippen LogP contribution in [-0.4, -0.2) is 32.9 Å². The van der Waals surface area contributed by atoms with Gasteiger partial charge in [0.25, 0.3) is 5.56 Å². The molecule has 1 aliphatic carbocycles. The van der Waals surface area contributed by atoms with Gasteiger partial charge in [-0.3, -0.25) is 13.9 Å². The van der Waals surface area contributed by atoms with Crippen molar-refractivity contribution in [1.29, 1.82) is 0 Å². The van der Waals surface area contributed by atoms with Crippen molar-refractivity contribution in [3.63, 3.8) is 0 Å². The molecule has 0 bridgehead atoms. The molecule has 10 heteroatoms. The fourth-order valence-corrected chi connectivity index (χ4v) is 5.11. The summed E-state index contributed by atoms with van der Waals surface area (Å²) in [7, 11) is -0.897. The Balaban J connectivity index is 1.94. The van der Waals surface area contributed by atoms with Gasteiger partial charge in [-0.1, -0.05) is 12.1 Å². The highest BCUT2D eigenvalue weighted by Crippen LogP contribution is 2.32. The number of aromatic nitrogens is 4. The summed E-state index contributed by atoms with van der Waals surface area (Å²) in [5.41, 5.74) is -0.561. The van der Waals surface area contributed by atoms with E-state index in [9.17, 15) is 22.4 Å². The second-order valence-electron chi connectivity index (χ2n) is 7.21. The molecule has 3 aromatic rings. The van der Waals surface area contributed by atoms with Crippen LogP contribution in [0.2, 0.25) is 0 Å². The Hall–Kier alpha value is -2.75. The highest BCUT2D eigenvalue weighted by molar-refractivity contribution is 7.91. The SMILES string of the molecule is Cn1c(=O)c2c(nc(S(=O)(=O)CC3CC3)n2C)n(Cc2ccc(F)cc2)c1=O. The molecule has 1 fully saturated rings. The number of benzene rings is 1.